The third kappa shape index (κ3) is 2.69. The van der Waals surface area contributed by atoms with Crippen LogP contribution in [0.3, 0.4) is 0 Å². The zero-order chi connectivity index (χ0) is 12.3. The van der Waals surface area contributed by atoms with E-state index in [2.05, 4.69) is 4.84 Å². The number of nitrogens with two attached hydrogens (primary N) is 1. The van der Waals surface area contributed by atoms with E-state index in [1.165, 1.54) is 13.2 Å². The van der Waals surface area contributed by atoms with Crippen LogP contribution < -0.4 is 10.6 Å². The highest BCUT2D eigenvalue weighted by Crippen LogP contribution is 2.28. The van der Waals surface area contributed by atoms with Crippen molar-refractivity contribution in [3.63, 3.8) is 0 Å². The van der Waals surface area contributed by atoms with Crippen molar-refractivity contribution in [3.8, 4) is 5.75 Å². The van der Waals surface area contributed by atoms with Gasteiger partial charge in [0, 0.05) is 6.26 Å². The fourth-order valence-corrected chi connectivity index (χ4v) is 2.23. The van der Waals surface area contributed by atoms with Crippen LogP contribution in [0.25, 0.3) is 0 Å². The van der Waals surface area contributed by atoms with Crippen LogP contribution in [0, 0.1) is 5.82 Å². The Labute approximate surface area is 92.8 Å². The lowest BCUT2D eigenvalue weighted by atomic mass is 10.2. The normalized spacial score (nSPS) is 11.5. The first kappa shape index (κ1) is 12.9. The van der Waals surface area contributed by atoms with Crippen molar-refractivity contribution in [2.24, 2.45) is 5.90 Å². The van der Waals surface area contributed by atoms with E-state index in [4.69, 9.17) is 10.6 Å². The van der Waals surface area contributed by atoms with Gasteiger partial charge in [0.15, 0.2) is 9.84 Å². The van der Waals surface area contributed by atoms with Crippen molar-refractivity contribution < 1.29 is 22.4 Å². The van der Waals surface area contributed by atoms with Gasteiger partial charge < -0.3 is 4.74 Å². The summed E-state index contributed by atoms with van der Waals surface area (Å²) in [5.41, 5.74) is 0.393. The molecule has 0 aliphatic rings. The summed E-state index contributed by atoms with van der Waals surface area (Å²) in [5, 5.41) is 0. The molecule has 1 aromatic rings. The molecular formula is C9H12FNO4S. The van der Waals surface area contributed by atoms with Gasteiger partial charge in [-0.15, -0.1) is 0 Å². The standard InChI is InChI=1S/C9H12FNO4S/c1-14-8-4-6(5-15-11)3-7(10)9(8)16(2,12)13/h3-4H,5,11H2,1-2H3. The van der Waals surface area contributed by atoms with Gasteiger partial charge in [-0.2, -0.15) is 0 Å². The minimum absolute atomic E-state index is 0.0304. The summed E-state index contributed by atoms with van der Waals surface area (Å²) in [7, 11) is -2.42. The first-order chi connectivity index (χ1) is 7.40. The minimum Gasteiger partial charge on any atom is -0.495 e. The lowest BCUT2D eigenvalue weighted by molar-refractivity contribution is 0.123. The molecule has 0 saturated heterocycles. The van der Waals surface area contributed by atoms with Crippen molar-refractivity contribution in [2.75, 3.05) is 13.4 Å². The van der Waals surface area contributed by atoms with Crippen LogP contribution >= 0.6 is 0 Å². The van der Waals surface area contributed by atoms with Gasteiger partial charge in [-0.25, -0.2) is 18.7 Å². The fourth-order valence-electron chi connectivity index (χ4n) is 1.31. The Balaban J connectivity index is 3.41. The number of hydrogen-bond acceptors (Lipinski definition) is 5. The third-order valence-electron chi connectivity index (χ3n) is 1.91. The van der Waals surface area contributed by atoms with Gasteiger partial charge in [-0.05, 0) is 17.7 Å². The largest absolute Gasteiger partial charge is 0.495 e. The molecule has 0 fully saturated rings. The highest BCUT2D eigenvalue weighted by molar-refractivity contribution is 7.90. The van der Waals surface area contributed by atoms with Gasteiger partial charge >= 0.3 is 0 Å². The molecule has 1 rings (SSSR count). The molecule has 0 unspecified atom stereocenters. The van der Waals surface area contributed by atoms with Gasteiger partial charge in [0.2, 0.25) is 0 Å². The van der Waals surface area contributed by atoms with Crippen LogP contribution in [0.4, 0.5) is 4.39 Å². The summed E-state index contributed by atoms with van der Waals surface area (Å²) in [4.78, 5) is 3.87. The summed E-state index contributed by atoms with van der Waals surface area (Å²) >= 11 is 0. The topological polar surface area (TPSA) is 78.6 Å². The van der Waals surface area contributed by atoms with E-state index in [9.17, 15) is 12.8 Å². The van der Waals surface area contributed by atoms with E-state index in [1.807, 2.05) is 0 Å². The molecule has 0 saturated carbocycles. The average molecular weight is 249 g/mol. The highest BCUT2D eigenvalue weighted by atomic mass is 32.2. The second-order valence-electron chi connectivity index (χ2n) is 3.19. The van der Waals surface area contributed by atoms with E-state index in [0.717, 1.165) is 12.3 Å². The number of sulfone groups is 1. The fraction of sp³-hybridized carbons (Fsp3) is 0.333. The molecule has 7 heteroatoms. The molecule has 1 aromatic carbocycles. The summed E-state index contributed by atoms with van der Waals surface area (Å²) in [6.45, 7) is -0.0304. The monoisotopic (exact) mass is 249 g/mol. The van der Waals surface area contributed by atoms with Crippen molar-refractivity contribution >= 4 is 9.84 Å². The maximum Gasteiger partial charge on any atom is 0.182 e. The van der Waals surface area contributed by atoms with Gasteiger partial charge in [0.1, 0.15) is 16.5 Å². The molecule has 0 heterocycles. The first-order valence-electron chi connectivity index (χ1n) is 4.28. The predicted molar refractivity (Wildman–Crippen MR) is 55.0 cm³/mol. The van der Waals surface area contributed by atoms with Gasteiger partial charge in [0.25, 0.3) is 0 Å². The molecule has 0 aliphatic carbocycles. The van der Waals surface area contributed by atoms with E-state index in [0.29, 0.717) is 5.56 Å². The third-order valence-corrected chi connectivity index (χ3v) is 3.05. The Morgan fingerprint density at radius 3 is 2.50 bits per heavy atom. The molecule has 5 nitrogen and oxygen atoms in total. The Morgan fingerprint density at radius 2 is 2.06 bits per heavy atom. The zero-order valence-electron chi connectivity index (χ0n) is 8.86. The Hall–Kier alpha value is -1.18. The highest BCUT2D eigenvalue weighted by Gasteiger charge is 2.20. The number of ether oxygens (including phenoxy) is 1. The summed E-state index contributed by atoms with van der Waals surface area (Å²) < 4.78 is 41.0. The number of rotatable bonds is 4. The Morgan fingerprint density at radius 1 is 1.44 bits per heavy atom. The molecule has 0 radical (unpaired) electrons. The van der Waals surface area contributed by atoms with E-state index >= 15 is 0 Å². The predicted octanol–water partition coefficient (Wildman–Crippen LogP) is 0.628. The van der Waals surface area contributed by atoms with Crippen molar-refractivity contribution in [2.45, 2.75) is 11.5 Å². The molecule has 0 spiro atoms. The second-order valence-corrected chi connectivity index (χ2v) is 5.14. The van der Waals surface area contributed by atoms with Crippen LogP contribution in [0.2, 0.25) is 0 Å². The maximum absolute atomic E-state index is 13.6. The van der Waals surface area contributed by atoms with E-state index in [-0.39, 0.29) is 12.4 Å². The summed E-state index contributed by atoms with van der Waals surface area (Å²) in [6.07, 6.45) is 0.910. The molecular weight excluding hydrogens is 237 g/mol. The van der Waals surface area contributed by atoms with Crippen LogP contribution in [0.5, 0.6) is 5.75 Å². The minimum atomic E-state index is -3.68. The van der Waals surface area contributed by atoms with Crippen LogP contribution in [0.1, 0.15) is 5.56 Å². The van der Waals surface area contributed by atoms with Crippen LogP contribution in [-0.2, 0) is 21.3 Å². The number of methoxy groups -OCH3 is 1. The van der Waals surface area contributed by atoms with E-state index in [1.54, 1.807) is 0 Å². The first-order valence-corrected chi connectivity index (χ1v) is 6.17. The van der Waals surface area contributed by atoms with Crippen molar-refractivity contribution in [3.05, 3.63) is 23.5 Å². The number of halogens is 1. The van der Waals surface area contributed by atoms with Crippen LogP contribution in [-0.4, -0.2) is 21.8 Å². The SMILES string of the molecule is COc1cc(CON)cc(F)c1S(C)(=O)=O. The quantitative estimate of drug-likeness (QED) is 0.792. The zero-order valence-corrected chi connectivity index (χ0v) is 9.67. The van der Waals surface area contributed by atoms with Gasteiger partial charge in [0.05, 0.1) is 13.7 Å². The number of hydrogen-bond donors (Lipinski definition) is 1. The van der Waals surface area contributed by atoms with Crippen molar-refractivity contribution in [1.29, 1.82) is 0 Å². The molecule has 0 amide bonds. The summed E-state index contributed by atoms with van der Waals surface area (Å²) in [5.74, 6) is 3.90. The molecule has 90 valence electrons. The average Bonchev–Trinajstić information content (AvgIpc) is 2.15. The lowest BCUT2D eigenvalue weighted by Crippen LogP contribution is -2.06. The van der Waals surface area contributed by atoms with Gasteiger partial charge in [-0.1, -0.05) is 0 Å². The maximum atomic E-state index is 13.6. The second kappa shape index (κ2) is 4.77. The van der Waals surface area contributed by atoms with Crippen molar-refractivity contribution in [1.82, 2.24) is 0 Å². The molecule has 0 atom stereocenters. The number of benzene rings is 1. The smallest absolute Gasteiger partial charge is 0.182 e. The van der Waals surface area contributed by atoms with Crippen LogP contribution in [0.15, 0.2) is 17.0 Å². The molecule has 0 aliphatic heterocycles. The lowest BCUT2D eigenvalue weighted by Gasteiger charge is -2.10. The molecule has 16 heavy (non-hydrogen) atoms. The van der Waals surface area contributed by atoms with Gasteiger partial charge in [-0.3, -0.25) is 4.84 Å². The summed E-state index contributed by atoms with van der Waals surface area (Å²) in [6, 6.07) is 2.41. The Kier molecular flexibility index (Phi) is 3.84. The molecule has 2 N–H and O–H groups in total. The van der Waals surface area contributed by atoms with E-state index < -0.39 is 20.5 Å². The molecule has 0 bridgehead atoms. The Bertz CT molecular complexity index is 487. The molecule has 0 aromatic heterocycles.